The zero-order chi connectivity index (χ0) is 9.84. The van der Waals surface area contributed by atoms with Gasteiger partial charge in [0.1, 0.15) is 0 Å². The molecule has 0 spiro atoms. The second kappa shape index (κ2) is 4.55. The number of methoxy groups -OCH3 is 1. The van der Waals surface area contributed by atoms with Crippen LogP contribution < -0.4 is 0 Å². The van der Waals surface area contributed by atoms with Crippen LogP contribution in [0.5, 0.6) is 0 Å². The fourth-order valence-electron chi connectivity index (χ4n) is 0.877. The second-order valence-electron chi connectivity index (χ2n) is 2.34. The maximum Gasteiger partial charge on any atom is 0.308 e. The predicted molar refractivity (Wildman–Crippen MR) is 49.2 cm³/mol. The summed E-state index contributed by atoms with van der Waals surface area (Å²) in [4.78, 5) is 15.0. The van der Waals surface area contributed by atoms with E-state index in [-0.39, 0.29) is 6.42 Å². The molecule has 13 heavy (non-hydrogen) atoms. The van der Waals surface area contributed by atoms with Gasteiger partial charge in [0, 0.05) is 12.0 Å². The highest BCUT2D eigenvalue weighted by Crippen LogP contribution is 2.23. The number of hydrogen-bond acceptors (Lipinski definition) is 4. The molecule has 4 nitrogen and oxygen atoms in total. The van der Waals surface area contributed by atoms with Gasteiger partial charge in [0.05, 0.1) is 18.7 Å². The molecule has 0 aromatic carbocycles. The fraction of sp³-hybridized carbons (Fsp3) is 0.429. The summed E-state index contributed by atoms with van der Waals surface area (Å²) in [7, 11) is 1.53. The molecular weight excluding hydrogens is 214 g/mol. The number of carboxylic acid groups (broad SMARTS) is 1. The van der Waals surface area contributed by atoms with E-state index in [9.17, 15) is 4.79 Å². The number of rotatable bonds is 4. The van der Waals surface area contributed by atoms with Gasteiger partial charge in [0.15, 0.2) is 4.47 Å². The van der Waals surface area contributed by atoms with Crippen LogP contribution in [0.2, 0.25) is 4.47 Å². The summed E-state index contributed by atoms with van der Waals surface area (Å²) in [6.45, 7) is 0.297. The number of carbonyl (C=O) groups is 1. The Balaban J connectivity index is 2.83. The van der Waals surface area contributed by atoms with E-state index < -0.39 is 5.97 Å². The molecule has 1 heterocycles. The van der Waals surface area contributed by atoms with Crippen molar-refractivity contribution in [1.29, 1.82) is 0 Å². The van der Waals surface area contributed by atoms with Crippen LogP contribution in [0.4, 0.5) is 0 Å². The Hall–Kier alpha value is -0.650. The fourth-order valence-corrected chi connectivity index (χ4v) is 2.04. The van der Waals surface area contributed by atoms with E-state index in [1.807, 2.05) is 0 Å². The van der Waals surface area contributed by atoms with Crippen molar-refractivity contribution in [1.82, 2.24) is 4.98 Å². The van der Waals surface area contributed by atoms with Gasteiger partial charge in [-0.2, -0.15) is 0 Å². The van der Waals surface area contributed by atoms with Gasteiger partial charge < -0.3 is 9.84 Å². The molecule has 72 valence electrons. The van der Waals surface area contributed by atoms with Crippen molar-refractivity contribution >= 4 is 28.9 Å². The van der Waals surface area contributed by atoms with Crippen molar-refractivity contribution in [3.05, 3.63) is 15.0 Å². The molecule has 0 radical (unpaired) electrons. The average Bonchev–Trinajstić information content (AvgIpc) is 2.31. The molecule has 1 rings (SSSR count). The smallest absolute Gasteiger partial charge is 0.308 e. The Labute approximate surface area is 84.1 Å². The van der Waals surface area contributed by atoms with Crippen molar-refractivity contribution in [2.45, 2.75) is 13.0 Å². The van der Waals surface area contributed by atoms with Gasteiger partial charge in [-0.15, -0.1) is 11.3 Å². The molecule has 0 aliphatic carbocycles. The van der Waals surface area contributed by atoms with Gasteiger partial charge in [-0.3, -0.25) is 4.79 Å². The van der Waals surface area contributed by atoms with Crippen LogP contribution in [0.3, 0.4) is 0 Å². The summed E-state index contributed by atoms with van der Waals surface area (Å²) in [6, 6.07) is 0. The van der Waals surface area contributed by atoms with Crippen molar-refractivity contribution in [3.8, 4) is 0 Å². The Bertz CT molecular complexity index is 313. The van der Waals surface area contributed by atoms with Crippen LogP contribution in [0.25, 0.3) is 0 Å². The normalized spacial score (nSPS) is 10.3. The minimum absolute atomic E-state index is 0.0525. The number of carboxylic acids is 1. The lowest BCUT2D eigenvalue weighted by atomic mass is 10.3. The monoisotopic (exact) mass is 221 g/mol. The largest absolute Gasteiger partial charge is 0.481 e. The molecule has 0 fully saturated rings. The molecule has 0 aliphatic rings. The number of halogens is 1. The summed E-state index contributed by atoms with van der Waals surface area (Å²) in [5.41, 5.74) is 0.611. The first-order valence-electron chi connectivity index (χ1n) is 3.48. The van der Waals surface area contributed by atoms with E-state index in [0.717, 1.165) is 0 Å². The Morgan fingerprint density at radius 3 is 3.00 bits per heavy atom. The number of hydrogen-bond donors (Lipinski definition) is 1. The molecule has 0 bridgehead atoms. The van der Waals surface area contributed by atoms with Crippen LogP contribution in [-0.2, 0) is 22.6 Å². The number of nitrogens with zero attached hydrogens (tertiary/aromatic N) is 1. The molecule has 1 N–H and O–H groups in total. The molecule has 1 aromatic heterocycles. The molecular formula is C7H8ClNO3S. The van der Waals surface area contributed by atoms with Gasteiger partial charge in [-0.05, 0) is 0 Å². The van der Waals surface area contributed by atoms with E-state index in [4.69, 9.17) is 21.4 Å². The molecule has 6 heteroatoms. The van der Waals surface area contributed by atoms with Gasteiger partial charge >= 0.3 is 5.97 Å². The van der Waals surface area contributed by atoms with E-state index in [0.29, 0.717) is 21.6 Å². The number of thiazole rings is 1. The SMILES string of the molecule is COCc1nc(Cl)sc1CC(=O)O. The zero-order valence-corrected chi connectivity index (χ0v) is 8.48. The van der Waals surface area contributed by atoms with Crippen LogP contribution in [0, 0.1) is 0 Å². The lowest BCUT2D eigenvalue weighted by molar-refractivity contribution is -0.136. The first-order valence-corrected chi connectivity index (χ1v) is 4.67. The summed E-state index contributed by atoms with van der Waals surface area (Å²) in [6.07, 6.45) is -0.0525. The van der Waals surface area contributed by atoms with Gasteiger partial charge in [0.2, 0.25) is 0 Å². The second-order valence-corrected chi connectivity index (χ2v) is 4.01. The lowest BCUT2D eigenvalue weighted by Crippen LogP contribution is -2.01. The van der Waals surface area contributed by atoms with Crippen LogP contribution in [-0.4, -0.2) is 23.2 Å². The van der Waals surface area contributed by atoms with Crippen molar-refractivity contribution < 1.29 is 14.6 Å². The average molecular weight is 222 g/mol. The third-order valence-corrected chi connectivity index (χ3v) is 2.55. The Kier molecular flexibility index (Phi) is 3.65. The lowest BCUT2D eigenvalue weighted by Gasteiger charge is -1.96. The Morgan fingerprint density at radius 1 is 1.77 bits per heavy atom. The molecule has 0 atom stereocenters. The van der Waals surface area contributed by atoms with Crippen LogP contribution in [0.15, 0.2) is 0 Å². The molecule has 0 unspecified atom stereocenters. The third-order valence-electron chi connectivity index (χ3n) is 1.34. The zero-order valence-electron chi connectivity index (χ0n) is 6.91. The van der Waals surface area contributed by atoms with Gasteiger partial charge in [-0.1, -0.05) is 11.6 Å². The molecule has 0 amide bonds. The minimum Gasteiger partial charge on any atom is -0.481 e. The van der Waals surface area contributed by atoms with Crippen LogP contribution >= 0.6 is 22.9 Å². The topological polar surface area (TPSA) is 59.4 Å². The summed E-state index contributed by atoms with van der Waals surface area (Å²) >= 11 is 6.82. The molecule has 0 saturated carbocycles. The predicted octanol–water partition coefficient (Wildman–Crippen LogP) is 1.57. The van der Waals surface area contributed by atoms with Crippen molar-refractivity contribution in [3.63, 3.8) is 0 Å². The number of aromatic nitrogens is 1. The van der Waals surface area contributed by atoms with E-state index >= 15 is 0 Å². The molecule has 0 aliphatic heterocycles. The Morgan fingerprint density at radius 2 is 2.46 bits per heavy atom. The highest BCUT2D eigenvalue weighted by molar-refractivity contribution is 7.15. The van der Waals surface area contributed by atoms with Crippen LogP contribution in [0.1, 0.15) is 10.6 Å². The maximum absolute atomic E-state index is 10.4. The highest BCUT2D eigenvalue weighted by atomic mass is 35.5. The first-order chi connectivity index (χ1) is 6.13. The van der Waals surface area contributed by atoms with E-state index in [1.165, 1.54) is 18.4 Å². The minimum atomic E-state index is -0.891. The third kappa shape index (κ3) is 2.95. The summed E-state index contributed by atoms with van der Waals surface area (Å²) in [5.74, 6) is -0.891. The standard InChI is InChI=1S/C7H8ClNO3S/c1-12-3-4-5(2-6(10)11)13-7(8)9-4/h2-3H2,1H3,(H,10,11). The van der Waals surface area contributed by atoms with E-state index in [2.05, 4.69) is 4.98 Å². The number of aliphatic carboxylic acids is 1. The van der Waals surface area contributed by atoms with Gasteiger partial charge in [-0.25, -0.2) is 4.98 Å². The first kappa shape index (κ1) is 10.4. The quantitative estimate of drug-likeness (QED) is 0.839. The molecule has 0 saturated heterocycles. The van der Waals surface area contributed by atoms with Crippen molar-refractivity contribution in [2.24, 2.45) is 0 Å². The maximum atomic E-state index is 10.4. The van der Waals surface area contributed by atoms with E-state index in [1.54, 1.807) is 0 Å². The van der Waals surface area contributed by atoms with Crippen molar-refractivity contribution in [2.75, 3.05) is 7.11 Å². The van der Waals surface area contributed by atoms with Gasteiger partial charge in [0.25, 0.3) is 0 Å². The summed E-state index contributed by atoms with van der Waals surface area (Å²) in [5, 5.41) is 8.56. The number of ether oxygens (including phenoxy) is 1. The highest BCUT2D eigenvalue weighted by Gasteiger charge is 2.12. The summed E-state index contributed by atoms with van der Waals surface area (Å²) < 4.78 is 5.21. The molecule has 1 aromatic rings.